The van der Waals surface area contributed by atoms with Crippen molar-refractivity contribution in [1.82, 2.24) is 5.32 Å². The smallest absolute Gasteiger partial charge is 0.00516 e. The van der Waals surface area contributed by atoms with Gasteiger partial charge >= 0.3 is 0 Å². The second-order valence-electron chi connectivity index (χ2n) is 4.31. The normalized spacial score (nSPS) is 9.75. The predicted molar refractivity (Wildman–Crippen MR) is 75.9 cm³/mol. The fraction of sp³-hybridized carbons (Fsp3) is 1.00. The molecule has 0 spiro atoms. The number of nitrogens with two attached hydrogens (primary N) is 1. The monoisotopic (exact) mass is 230 g/mol. The number of hydrogen-bond acceptors (Lipinski definition) is 2. The first-order valence-electron chi connectivity index (χ1n) is 7.24. The van der Waals surface area contributed by atoms with Crippen molar-refractivity contribution in [3.05, 3.63) is 0 Å². The van der Waals surface area contributed by atoms with Gasteiger partial charge in [-0.3, -0.25) is 0 Å². The standard InChI is InChI=1S/C8H19N.C6H15N/c1-2-3-4-5-6-7-8-9;1-3-5-7-6-4-2/h2-9H2,1H3;7H,3-6H2,1-2H3. The van der Waals surface area contributed by atoms with Gasteiger partial charge in [0.2, 0.25) is 0 Å². The molecule has 0 radical (unpaired) electrons. The summed E-state index contributed by atoms with van der Waals surface area (Å²) < 4.78 is 0. The van der Waals surface area contributed by atoms with Gasteiger partial charge in [0, 0.05) is 0 Å². The first-order chi connectivity index (χ1) is 7.83. The second kappa shape index (κ2) is 20.3. The highest BCUT2D eigenvalue weighted by atomic mass is 14.8. The molecule has 0 rings (SSSR count). The molecule has 0 atom stereocenters. The van der Waals surface area contributed by atoms with E-state index in [-0.39, 0.29) is 0 Å². The molecular formula is C14H34N2. The maximum atomic E-state index is 5.34. The third-order valence-corrected chi connectivity index (χ3v) is 2.41. The van der Waals surface area contributed by atoms with Crippen LogP contribution in [0.25, 0.3) is 0 Å². The fourth-order valence-corrected chi connectivity index (χ4v) is 1.40. The molecule has 0 amide bonds. The van der Waals surface area contributed by atoms with Crippen molar-refractivity contribution >= 4 is 0 Å². The summed E-state index contributed by atoms with van der Waals surface area (Å²) in [4.78, 5) is 0. The van der Waals surface area contributed by atoms with E-state index in [0.29, 0.717) is 0 Å². The van der Waals surface area contributed by atoms with Crippen LogP contribution in [0.5, 0.6) is 0 Å². The largest absolute Gasteiger partial charge is 0.330 e. The molecule has 0 bridgehead atoms. The van der Waals surface area contributed by atoms with Crippen LogP contribution in [0.15, 0.2) is 0 Å². The summed E-state index contributed by atoms with van der Waals surface area (Å²) in [7, 11) is 0. The van der Waals surface area contributed by atoms with Crippen molar-refractivity contribution in [2.45, 2.75) is 72.1 Å². The van der Waals surface area contributed by atoms with E-state index in [4.69, 9.17) is 5.73 Å². The molecule has 0 fully saturated rings. The van der Waals surface area contributed by atoms with Crippen LogP contribution < -0.4 is 11.1 Å². The Bertz CT molecular complexity index is 84.7. The first-order valence-corrected chi connectivity index (χ1v) is 7.24. The van der Waals surface area contributed by atoms with E-state index in [0.717, 1.165) is 6.54 Å². The van der Waals surface area contributed by atoms with E-state index in [1.165, 1.54) is 64.5 Å². The van der Waals surface area contributed by atoms with Gasteiger partial charge < -0.3 is 11.1 Å². The van der Waals surface area contributed by atoms with E-state index in [2.05, 4.69) is 26.1 Å². The van der Waals surface area contributed by atoms with Crippen LogP contribution in [0.1, 0.15) is 72.1 Å². The summed E-state index contributed by atoms with van der Waals surface area (Å²) in [5, 5.41) is 3.28. The van der Waals surface area contributed by atoms with Crippen LogP contribution in [0.4, 0.5) is 0 Å². The lowest BCUT2D eigenvalue weighted by Gasteiger charge is -1.96. The zero-order valence-electron chi connectivity index (χ0n) is 11.9. The molecule has 0 aliphatic carbocycles. The summed E-state index contributed by atoms with van der Waals surface area (Å²) in [6.07, 6.45) is 10.6. The Hall–Kier alpha value is -0.0800. The number of unbranched alkanes of at least 4 members (excludes halogenated alkanes) is 5. The van der Waals surface area contributed by atoms with Crippen LogP contribution in [0, 0.1) is 0 Å². The third-order valence-electron chi connectivity index (χ3n) is 2.41. The van der Waals surface area contributed by atoms with E-state index in [9.17, 15) is 0 Å². The Labute approximate surface area is 103 Å². The molecule has 0 saturated heterocycles. The van der Waals surface area contributed by atoms with E-state index in [1.54, 1.807) is 0 Å². The maximum absolute atomic E-state index is 5.34. The summed E-state index contributed by atoms with van der Waals surface area (Å²) in [5.74, 6) is 0. The zero-order chi connectivity index (χ0) is 12.5. The van der Waals surface area contributed by atoms with Crippen LogP contribution in [-0.2, 0) is 0 Å². The van der Waals surface area contributed by atoms with Crippen LogP contribution in [0.2, 0.25) is 0 Å². The molecule has 0 unspecified atom stereocenters. The summed E-state index contributed by atoms with van der Waals surface area (Å²) in [5.41, 5.74) is 5.34. The first kappa shape index (κ1) is 18.3. The molecule has 2 nitrogen and oxygen atoms in total. The highest BCUT2D eigenvalue weighted by molar-refractivity contribution is 4.43. The van der Waals surface area contributed by atoms with Gasteiger partial charge in [0.25, 0.3) is 0 Å². The SMILES string of the molecule is CCCCCCCCN.CCCNCCC. The molecule has 0 aromatic carbocycles. The van der Waals surface area contributed by atoms with Crippen LogP contribution >= 0.6 is 0 Å². The molecule has 0 aliphatic heterocycles. The molecule has 0 heterocycles. The topological polar surface area (TPSA) is 38.0 Å². The molecular weight excluding hydrogens is 196 g/mol. The van der Waals surface area contributed by atoms with Crippen molar-refractivity contribution in [2.24, 2.45) is 5.73 Å². The third kappa shape index (κ3) is 23.6. The number of nitrogens with one attached hydrogen (secondary N) is 1. The molecule has 0 aromatic heterocycles. The summed E-state index contributed by atoms with van der Waals surface area (Å²) in [6.45, 7) is 9.82. The lowest BCUT2D eigenvalue weighted by Crippen LogP contribution is -2.14. The molecule has 100 valence electrons. The molecule has 0 saturated carbocycles. The van der Waals surface area contributed by atoms with Gasteiger partial charge in [-0.05, 0) is 38.9 Å². The van der Waals surface area contributed by atoms with Gasteiger partial charge in [0.15, 0.2) is 0 Å². The Morgan fingerprint density at radius 1 is 0.688 bits per heavy atom. The molecule has 3 N–H and O–H groups in total. The minimum atomic E-state index is 0.867. The average molecular weight is 230 g/mol. The maximum Gasteiger partial charge on any atom is -0.00516 e. The quantitative estimate of drug-likeness (QED) is 0.562. The van der Waals surface area contributed by atoms with Crippen molar-refractivity contribution < 1.29 is 0 Å². The average Bonchev–Trinajstić information content (AvgIpc) is 2.31. The number of hydrogen-bond donors (Lipinski definition) is 2. The Morgan fingerprint density at radius 3 is 1.62 bits per heavy atom. The molecule has 0 aromatic rings. The minimum absolute atomic E-state index is 0.867. The second-order valence-corrected chi connectivity index (χ2v) is 4.31. The Morgan fingerprint density at radius 2 is 1.19 bits per heavy atom. The zero-order valence-corrected chi connectivity index (χ0v) is 11.9. The highest BCUT2D eigenvalue weighted by Crippen LogP contribution is 2.03. The molecule has 2 heteroatoms. The van der Waals surface area contributed by atoms with Gasteiger partial charge in [-0.2, -0.15) is 0 Å². The Balaban J connectivity index is 0. The van der Waals surface area contributed by atoms with Gasteiger partial charge in [0.05, 0.1) is 0 Å². The van der Waals surface area contributed by atoms with Crippen LogP contribution in [0.3, 0.4) is 0 Å². The van der Waals surface area contributed by atoms with Crippen molar-refractivity contribution in [3.63, 3.8) is 0 Å². The van der Waals surface area contributed by atoms with Crippen molar-refractivity contribution in [1.29, 1.82) is 0 Å². The van der Waals surface area contributed by atoms with Gasteiger partial charge in [0.1, 0.15) is 0 Å². The van der Waals surface area contributed by atoms with Gasteiger partial charge in [-0.1, -0.05) is 52.9 Å². The molecule has 16 heavy (non-hydrogen) atoms. The van der Waals surface area contributed by atoms with Crippen molar-refractivity contribution in [3.8, 4) is 0 Å². The lowest BCUT2D eigenvalue weighted by molar-refractivity contribution is 0.612. The minimum Gasteiger partial charge on any atom is -0.330 e. The lowest BCUT2D eigenvalue weighted by atomic mass is 10.1. The van der Waals surface area contributed by atoms with Crippen LogP contribution in [-0.4, -0.2) is 19.6 Å². The Kier molecular flexibility index (Phi) is 23.3. The molecule has 0 aliphatic rings. The van der Waals surface area contributed by atoms with Gasteiger partial charge in [-0.25, -0.2) is 0 Å². The fourth-order valence-electron chi connectivity index (χ4n) is 1.40. The van der Waals surface area contributed by atoms with Crippen molar-refractivity contribution in [2.75, 3.05) is 19.6 Å². The van der Waals surface area contributed by atoms with E-state index in [1.807, 2.05) is 0 Å². The summed E-state index contributed by atoms with van der Waals surface area (Å²) >= 11 is 0. The number of rotatable bonds is 10. The van der Waals surface area contributed by atoms with E-state index >= 15 is 0 Å². The van der Waals surface area contributed by atoms with Gasteiger partial charge in [-0.15, -0.1) is 0 Å². The highest BCUT2D eigenvalue weighted by Gasteiger charge is 1.85. The predicted octanol–water partition coefficient (Wildman–Crippen LogP) is 3.70. The summed E-state index contributed by atoms with van der Waals surface area (Å²) in [6, 6.07) is 0. The van der Waals surface area contributed by atoms with E-state index < -0.39 is 0 Å².